The fourth-order valence-electron chi connectivity index (χ4n) is 4.77. The number of carbonyl (C=O) groups is 1. The molecule has 0 aliphatic carbocycles. The van der Waals surface area contributed by atoms with Crippen LogP contribution in [0.25, 0.3) is 11.0 Å². The van der Waals surface area contributed by atoms with Gasteiger partial charge < -0.3 is 15.2 Å². The first kappa shape index (κ1) is 23.2. The van der Waals surface area contributed by atoms with Gasteiger partial charge in [0.2, 0.25) is 5.91 Å². The van der Waals surface area contributed by atoms with Gasteiger partial charge in [0.25, 0.3) is 5.56 Å². The summed E-state index contributed by atoms with van der Waals surface area (Å²) in [4.78, 5) is 33.4. The van der Waals surface area contributed by atoms with Gasteiger partial charge in [-0.05, 0) is 38.4 Å². The fraction of sp³-hybridized carbons (Fsp3) is 0.480. The lowest BCUT2D eigenvalue weighted by atomic mass is 10.0. The summed E-state index contributed by atoms with van der Waals surface area (Å²) >= 11 is 0. The first-order valence-electron chi connectivity index (χ1n) is 11.6. The van der Waals surface area contributed by atoms with Crippen molar-refractivity contribution in [3.8, 4) is 0 Å². The average Bonchev–Trinajstić information content (AvgIpc) is 3.08. The molecule has 1 unspecified atom stereocenters. The second-order valence-electron chi connectivity index (χ2n) is 9.12. The van der Waals surface area contributed by atoms with E-state index in [1.165, 1.54) is 0 Å². The van der Waals surface area contributed by atoms with Crippen LogP contribution >= 0.6 is 0 Å². The molecule has 3 aromatic rings. The standard InChI is InChI=1S/C25H34N6O2/c1-17-20(25(33)27-24-23(17)18(2)28-30(24)4)10-11-22(32)26-21(19-8-6-5-7-9-19)16-31-14-12-29(3)13-15-31/h5-9,21H,10-16H2,1-4H3,(H,26,32)(H,27,33). The number of fused-ring (bicyclic) bond motifs is 1. The van der Waals surface area contributed by atoms with Crippen LogP contribution in [-0.4, -0.2) is 70.2 Å². The van der Waals surface area contributed by atoms with Gasteiger partial charge >= 0.3 is 0 Å². The normalized spacial score (nSPS) is 16.2. The molecule has 0 bridgehead atoms. The Morgan fingerprint density at radius 3 is 2.52 bits per heavy atom. The highest BCUT2D eigenvalue weighted by molar-refractivity contribution is 5.83. The molecule has 1 saturated heterocycles. The molecular weight excluding hydrogens is 416 g/mol. The molecule has 1 aliphatic rings. The summed E-state index contributed by atoms with van der Waals surface area (Å²) in [6, 6.07) is 10.1. The molecular formula is C25H34N6O2. The van der Waals surface area contributed by atoms with Crippen LogP contribution < -0.4 is 10.9 Å². The number of H-pyrrole nitrogens is 1. The third-order valence-corrected chi connectivity index (χ3v) is 6.73. The lowest BCUT2D eigenvalue weighted by Gasteiger charge is -2.35. The van der Waals surface area contributed by atoms with Gasteiger partial charge in [-0.15, -0.1) is 0 Å². The Hall–Kier alpha value is -2.97. The maximum atomic E-state index is 13.0. The lowest BCUT2D eigenvalue weighted by Crippen LogP contribution is -2.47. The number of aromatic amines is 1. The zero-order valence-corrected chi connectivity index (χ0v) is 20.0. The maximum Gasteiger partial charge on any atom is 0.253 e. The molecule has 0 saturated carbocycles. The number of aromatic nitrogens is 3. The molecule has 33 heavy (non-hydrogen) atoms. The molecule has 8 heteroatoms. The highest BCUT2D eigenvalue weighted by Gasteiger charge is 2.22. The van der Waals surface area contributed by atoms with Crippen molar-refractivity contribution >= 4 is 16.9 Å². The van der Waals surface area contributed by atoms with Gasteiger partial charge in [0.1, 0.15) is 5.65 Å². The van der Waals surface area contributed by atoms with E-state index in [2.05, 4.69) is 44.4 Å². The number of rotatable bonds is 7. The Balaban J connectivity index is 1.47. The molecule has 1 fully saturated rings. The van der Waals surface area contributed by atoms with Crippen LogP contribution in [0.4, 0.5) is 0 Å². The summed E-state index contributed by atoms with van der Waals surface area (Å²) in [5.41, 5.74) is 4.12. The van der Waals surface area contributed by atoms with Crippen molar-refractivity contribution in [2.75, 3.05) is 39.8 Å². The average molecular weight is 451 g/mol. The van der Waals surface area contributed by atoms with E-state index in [1.807, 2.05) is 39.1 Å². The second kappa shape index (κ2) is 9.89. The molecule has 3 heterocycles. The van der Waals surface area contributed by atoms with Gasteiger partial charge in [-0.25, -0.2) is 0 Å². The number of pyridine rings is 1. The van der Waals surface area contributed by atoms with Crippen LogP contribution in [0.2, 0.25) is 0 Å². The van der Waals surface area contributed by atoms with Crippen molar-refractivity contribution < 1.29 is 4.79 Å². The molecule has 2 N–H and O–H groups in total. The van der Waals surface area contributed by atoms with E-state index >= 15 is 0 Å². The largest absolute Gasteiger partial charge is 0.348 e. The van der Waals surface area contributed by atoms with E-state index in [1.54, 1.807) is 4.68 Å². The molecule has 1 aromatic carbocycles. The van der Waals surface area contributed by atoms with Crippen LogP contribution in [0.5, 0.6) is 0 Å². The predicted molar refractivity (Wildman–Crippen MR) is 130 cm³/mol. The summed E-state index contributed by atoms with van der Waals surface area (Å²) < 4.78 is 1.69. The number of hydrogen-bond donors (Lipinski definition) is 2. The van der Waals surface area contributed by atoms with Gasteiger partial charge in [0.05, 0.1) is 11.7 Å². The third kappa shape index (κ3) is 5.17. The smallest absolute Gasteiger partial charge is 0.253 e. The van der Waals surface area contributed by atoms with Crippen LogP contribution in [0.1, 0.15) is 34.8 Å². The molecule has 8 nitrogen and oxygen atoms in total. The van der Waals surface area contributed by atoms with Gasteiger partial charge in [0, 0.05) is 57.1 Å². The summed E-state index contributed by atoms with van der Waals surface area (Å²) in [5, 5.41) is 8.61. The zero-order chi connectivity index (χ0) is 23.5. The van der Waals surface area contributed by atoms with Crippen molar-refractivity contribution in [3.05, 3.63) is 63.1 Å². The van der Waals surface area contributed by atoms with E-state index < -0.39 is 0 Å². The van der Waals surface area contributed by atoms with E-state index in [0.29, 0.717) is 12.0 Å². The van der Waals surface area contributed by atoms with Crippen LogP contribution in [0, 0.1) is 13.8 Å². The zero-order valence-electron chi connectivity index (χ0n) is 20.0. The highest BCUT2D eigenvalue weighted by atomic mass is 16.1. The number of carbonyl (C=O) groups excluding carboxylic acids is 1. The SMILES string of the molecule is Cc1nn(C)c2[nH]c(=O)c(CCC(=O)NC(CN3CCN(C)CC3)c3ccccc3)c(C)c12. The lowest BCUT2D eigenvalue weighted by molar-refractivity contribution is -0.122. The van der Waals surface area contributed by atoms with E-state index in [4.69, 9.17) is 0 Å². The van der Waals surface area contributed by atoms with E-state index in [9.17, 15) is 9.59 Å². The number of likely N-dealkylation sites (N-methyl/N-ethyl adjacent to an activating group) is 1. The van der Waals surface area contributed by atoms with Crippen molar-refractivity contribution in [1.82, 2.24) is 29.9 Å². The molecule has 4 rings (SSSR count). The monoisotopic (exact) mass is 450 g/mol. The van der Waals surface area contributed by atoms with E-state index in [0.717, 1.165) is 60.6 Å². The number of nitrogens with zero attached hydrogens (tertiary/aromatic N) is 4. The first-order chi connectivity index (χ1) is 15.8. The predicted octanol–water partition coefficient (Wildman–Crippen LogP) is 1.92. The Morgan fingerprint density at radius 1 is 1.12 bits per heavy atom. The van der Waals surface area contributed by atoms with Crippen molar-refractivity contribution in [3.63, 3.8) is 0 Å². The summed E-state index contributed by atoms with van der Waals surface area (Å²) in [5.74, 6) is -0.0419. The summed E-state index contributed by atoms with van der Waals surface area (Å²) in [6.07, 6.45) is 0.661. The Labute approximate surface area is 194 Å². The Morgan fingerprint density at radius 2 is 1.82 bits per heavy atom. The summed E-state index contributed by atoms with van der Waals surface area (Å²) in [6.45, 7) is 8.72. The highest BCUT2D eigenvalue weighted by Crippen LogP contribution is 2.21. The number of hydrogen-bond acceptors (Lipinski definition) is 5. The second-order valence-corrected chi connectivity index (χ2v) is 9.12. The van der Waals surface area contributed by atoms with Crippen LogP contribution in [-0.2, 0) is 18.3 Å². The quantitative estimate of drug-likeness (QED) is 0.574. The molecule has 2 aromatic heterocycles. The fourth-order valence-corrected chi connectivity index (χ4v) is 4.77. The summed E-state index contributed by atoms with van der Waals surface area (Å²) in [7, 11) is 3.96. The number of nitrogens with one attached hydrogen (secondary N) is 2. The van der Waals surface area contributed by atoms with Crippen molar-refractivity contribution in [2.24, 2.45) is 7.05 Å². The van der Waals surface area contributed by atoms with Gasteiger partial charge in [-0.3, -0.25) is 19.2 Å². The minimum Gasteiger partial charge on any atom is -0.348 e. The molecule has 0 spiro atoms. The Bertz CT molecular complexity index is 1180. The molecule has 1 aliphatic heterocycles. The molecule has 1 atom stereocenters. The van der Waals surface area contributed by atoms with E-state index in [-0.39, 0.29) is 23.9 Å². The molecule has 176 valence electrons. The number of amides is 1. The number of piperazine rings is 1. The molecule has 1 amide bonds. The van der Waals surface area contributed by atoms with Gasteiger partial charge in [0.15, 0.2) is 0 Å². The minimum absolute atomic E-state index is 0.0419. The third-order valence-electron chi connectivity index (χ3n) is 6.73. The first-order valence-corrected chi connectivity index (χ1v) is 11.6. The minimum atomic E-state index is -0.146. The number of aryl methyl sites for hydroxylation is 3. The van der Waals surface area contributed by atoms with Crippen LogP contribution in [0.3, 0.4) is 0 Å². The Kier molecular flexibility index (Phi) is 6.95. The topological polar surface area (TPSA) is 86.3 Å². The van der Waals surface area contributed by atoms with Gasteiger partial charge in [-0.2, -0.15) is 5.10 Å². The van der Waals surface area contributed by atoms with Crippen LogP contribution in [0.15, 0.2) is 35.1 Å². The van der Waals surface area contributed by atoms with Crippen molar-refractivity contribution in [2.45, 2.75) is 32.7 Å². The van der Waals surface area contributed by atoms with Crippen molar-refractivity contribution in [1.29, 1.82) is 0 Å². The van der Waals surface area contributed by atoms with Gasteiger partial charge in [-0.1, -0.05) is 30.3 Å². The maximum absolute atomic E-state index is 13.0. The molecule has 0 radical (unpaired) electrons. The number of benzene rings is 1.